The molecule has 0 aliphatic heterocycles. The molecule has 0 unspecified atom stereocenters. The standard InChI is InChI=1S/C12H18F2N2O/c1-3-12(4-2,7-17)16-11-9(13)5-8(15)6-10(11)14/h5-6,16-17H,3-4,7,15H2,1-2H3. The first-order chi connectivity index (χ1) is 7.98. The minimum Gasteiger partial charge on any atom is -0.399 e. The summed E-state index contributed by atoms with van der Waals surface area (Å²) >= 11 is 0. The Kier molecular flexibility index (Phi) is 4.28. The van der Waals surface area contributed by atoms with Gasteiger partial charge in [-0.15, -0.1) is 0 Å². The lowest BCUT2D eigenvalue weighted by atomic mass is 9.93. The number of hydrogen-bond donors (Lipinski definition) is 3. The number of nitrogens with one attached hydrogen (secondary N) is 1. The maximum Gasteiger partial charge on any atom is 0.151 e. The molecule has 0 saturated carbocycles. The van der Waals surface area contributed by atoms with Crippen molar-refractivity contribution in [1.29, 1.82) is 0 Å². The summed E-state index contributed by atoms with van der Waals surface area (Å²) in [6.45, 7) is 3.50. The van der Waals surface area contributed by atoms with Gasteiger partial charge in [-0.1, -0.05) is 13.8 Å². The summed E-state index contributed by atoms with van der Waals surface area (Å²) in [5, 5.41) is 12.1. The van der Waals surface area contributed by atoms with Crippen molar-refractivity contribution in [3.05, 3.63) is 23.8 Å². The largest absolute Gasteiger partial charge is 0.399 e. The van der Waals surface area contributed by atoms with Crippen LogP contribution in [0.15, 0.2) is 12.1 Å². The van der Waals surface area contributed by atoms with Gasteiger partial charge in [0.15, 0.2) is 11.6 Å². The van der Waals surface area contributed by atoms with E-state index < -0.39 is 17.2 Å². The van der Waals surface area contributed by atoms with E-state index in [-0.39, 0.29) is 18.0 Å². The number of aliphatic hydroxyl groups is 1. The minimum atomic E-state index is -0.748. The molecule has 1 aromatic carbocycles. The van der Waals surface area contributed by atoms with E-state index in [0.717, 1.165) is 12.1 Å². The van der Waals surface area contributed by atoms with Crippen LogP contribution in [0.3, 0.4) is 0 Å². The number of anilines is 2. The predicted molar refractivity (Wildman–Crippen MR) is 64.8 cm³/mol. The molecule has 0 fully saturated rings. The van der Waals surface area contributed by atoms with Gasteiger partial charge in [0.1, 0.15) is 5.69 Å². The third-order valence-corrected chi connectivity index (χ3v) is 3.11. The summed E-state index contributed by atoms with van der Waals surface area (Å²) in [4.78, 5) is 0. The van der Waals surface area contributed by atoms with E-state index in [4.69, 9.17) is 5.73 Å². The lowest BCUT2D eigenvalue weighted by Gasteiger charge is -2.32. The number of nitrogen functional groups attached to an aromatic ring is 1. The van der Waals surface area contributed by atoms with Gasteiger partial charge >= 0.3 is 0 Å². The molecular weight excluding hydrogens is 226 g/mol. The Morgan fingerprint density at radius 3 is 2.06 bits per heavy atom. The normalized spacial score (nSPS) is 11.6. The number of rotatable bonds is 5. The smallest absolute Gasteiger partial charge is 0.151 e. The van der Waals surface area contributed by atoms with Crippen LogP contribution in [0.4, 0.5) is 20.2 Å². The van der Waals surface area contributed by atoms with Gasteiger partial charge in [0.2, 0.25) is 0 Å². The van der Waals surface area contributed by atoms with E-state index in [2.05, 4.69) is 5.32 Å². The van der Waals surface area contributed by atoms with Crippen LogP contribution in [0.5, 0.6) is 0 Å². The quantitative estimate of drug-likeness (QED) is 0.697. The number of nitrogens with two attached hydrogens (primary N) is 1. The molecule has 0 aliphatic rings. The SMILES string of the molecule is CCC(CC)(CO)Nc1c(F)cc(N)cc1F. The van der Waals surface area contributed by atoms with Crippen molar-refractivity contribution in [2.75, 3.05) is 17.7 Å². The Morgan fingerprint density at radius 2 is 1.71 bits per heavy atom. The number of benzene rings is 1. The van der Waals surface area contributed by atoms with Crippen molar-refractivity contribution in [3.8, 4) is 0 Å². The third kappa shape index (κ3) is 2.85. The van der Waals surface area contributed by atoms with E-state index in [9.17, 15) is 13.9 Å². The van der Waals surface area contributed by atoms with Crippen molar-refractivity contribution in [1.82, 2.24) is 0 Å². The molecule has 1 rings (SSSR count). The maximum absolute atomic E-state index is 13.6. The molecule has 0 spiro atoms. The van der Waals surface area contributed by atoms with Crippen LogP contribution in [0.2, 0.25) is 0 Å². The molecule has 4 N–H and O–H groups in total. The van der Waals surface area contributed by atoms with E-state index >= 15 is 0 Å². The molecule has 0 aliphatic carbocycles. The molecule has 3 nitrogen and oxygen atoms in total. The zero-order valence-corrected chi connectivity index (χ0v) is 10.1. The third-order valence-electron chi connectivity index (χ3n) is 3.11. The van der Waals surface area contributed by atoms with Crippen LogP contribution >= 0.6 is 0 Å². The highest BCUT2D eigenvalue weighted by atomic mass is 19.1. The fourth-order valence-corrected chi connectivity index (χ4v) is 1.67. The van der Waals surface area contributed by atoms with Crippen molar-refractivity contribution < 1.29 is 13.9 Å². The van der Waals surface area contributed by atoms with Crippen molar-refractivity contribution in [3.63, 3.8) is 0 Å². The van der Waals surface area contributed by atoms with Gasteiger partial charge in [-0.25, -0.2) is 8.78 Å². The van der Waals surface area contributed by atoms with Crippen LogP contribution in [-0.2, 0) is 0 Å². The van der Waals surface area contributed by atoms with E-state index in [1.165, 1.54) is 0 Å². The van der Waals surface area contributed by atoms with Gasteiger partial charge in [0, 0.05) is 5.69 Å². The second-order valence-electron chi connectivity index (χ2n) is 4.13. The van der Waals surface area contributed by atoms with Crippen LogP contribution < -0.4 is 11.1 Å². The lowest BCUT2D eigenvalue weighted by Crippen LogP contribution is -2.41. The highest BCUT2D eigenvalue weighted by molar-refractivity contribution is 5.55. The van der Waals surface area contributed by atoms with Crippen LogP contribution in [0.1, 0.15) is 26.7 Å². The second-order valence-corrected chi connectivity index (χ2v) is 4.13. The number of aliphatic hydroxyl groups excluding tert-OH is 1. The highest BCUT2D eigenvalue weighted by Crippen LogP contribution is 2.28. The summed E-state index contributed by atoms with van der Waals surface area (Å²) < 4.78 is 27.2. The van der Waals surface area contributed by atoms with E-state index in [1.807, 2.05) is 13.8 Å². The molecule has 0 aromatic heterocycles. The molecule has 0 bridgehead atoms. The molecule has 0 saturated heterocycles. The predicted octanol–water partition coefficient (Wildman–Crippen LogP) is 2.51. The Labute approximate surface area is 99.6 Å². The molecule has 0 amide bonds. The fourth-order valence-electron chi connectivity index (χ4n) is 1.67. The fraction of sp³-hybridized carbons (Fsp3) is 0.500. The van der Waals surface area contributed by atoms with E-state index in [1.54, 1.807) is 0 Å². The number of halogens is 2. The Morgan fingerprint density at radius 1 is 1.24 bits per heavy atom. The first kappa shape index (κ1) is 13.7. The topological polar surface area (TPSA) is 58.3 Å². The van der Waals surface area contributed by atoms with Gasteiger partial charge in [-0.2, -0.15) is 0 Å². The monoisotopic (exact) mass is 244 g/mol. The van der Waals surface area contributed by atoms with Gasteiger partial charge in [0.05, 0.1) is 12.1 Å². The molecule has 1 aromatic rings. The highest BCUT2D eigenvalue weighted by Gasteiger charge is 2.27. The van der Waals surface area contributed by atoms with Gasteiger partial charge in [0.25, 0.3) is 0 Å². The average Bonchev–Trinajstić information content (AvgIpc) is 2.29. The maximum atomic E-state index is 13.6. The summed E-state index contributed by atoms with van der Waals surface area (Å²) in [5.74, 6) is -1.50. The van der Waals surface area contributed by atoms with Crippen LogP contribution in [0, 0.1) is 11.6 Å². The summed E-state index contributed by atoms with van der Waals surface area (Å²) in [5.41, 5.74) is 4.42. The van der Waals surface area contributed by atoms with Gasteiger partial charge < -0.3 is 16.2 Å². The molecule has 5 heteroatoms. The molecule has 0 radical (unpaired) electrons. The van der Waals surface area contributed by atoms with Crippen molar-refractivity contribution >= 4 is 11.4 Å². The Bertz CT molecular complexity index is 361. The Balaban J connectivity index is 3.09. The second kappa shape index (κ2) is 5.31. The molecular formula is C12H18F2N2O. The van der Waals surface area contributed by atoms with Crippen molar-refractivity contribution in [2.45, 2.75) is 32.2 Å². The summed E-state index contributed by atoms with van der Waals surface area (Å²) in [6.07, 6.45) is 1.12. The van der Waals surface area contributed by atoms with Crippen LogP contribution in [0.25, 0.3) is 0 Å². The summed E-state index contributed by atoms with van der Waals surface area (Å²) in [7, 11) is 0. The average molecular weight is 244 g/mol. The van der Waals surface area contributed by atoms with Gasteiger partial charge in [-0.05, 0) is 25.0 Å². The molecule has 17 heavy (non-hydrogen) atoms. The van der Waals surface area contributed by atoms with Crippen LogP contribution in [-0.4, -0.2) is 17.3 Å². The summed E-state index contributed by atoms with van der Waals surface area (Å²) in [6, 6.07) is 2.11. The first-order valence-corrected chi connectivity index (χ1v) is 5.61. The zero-order chi connectivity index (χ0) is 13.1. The first-order valence-electron chi connectivity index (χ1n) is 5.61. The van der Waals surface area contributed by atoms with Crippen molar-refractivity contribution in [2.24, 2.45) is 0 Å². The zero-order valence-electron chi connectivity index (χ0n) is 10.1. The minimum absolute atomic E-state index is 0.0353. The van der Waals surface area contributed by atoms with Gasteiger partial charge in [-0.3, -0.25) is 0 Å². The molecule has 96 valence electrons. The molecule has 0 atom stereocenters. The molecule has 0 heterocycles. The van der Waals surface area contributed by atoms with E-state index in [0.29, 0.717) is 12.8 Å². The number of hydrogen-bond acceptors (Lipinski definition) is 3. The Hall–Kier alpha value is -1.36. The lowest BCUT2D eigenvalue weighted by molar-refractivity contribution is 0.201.